The molecule has 0 saturated carbocycles. The fourth-order valence-corrected chi connectivity index (χ4v) is 1.22. The van der Waals surface area contributed by atoms with E-state index in [2.05, 4.69) is 21.8 Å². The fraction of sp³-hybridized carbons (Fsp3) is 0.778. The molecule has 0 atom stereocenters. The summed E-state index contributed by atoms with van der Waals surface area (Å²) in [7, 11) is 0. The van der Waals surface area contributed by atoms with Crippen molar-refractivity contribution in [3.63, 3.8) is 0 Å². The minimum absolute atomic E-state index is 0.787. The van der Waals surface area contributed by atoms with Crippen molar-refractivity contribution < 1.29 is 0 Å². The SMILES string of the molecule is CCCCCCN1C=NC=NC1. The molecule has 3 heteroatoms. The van der Waals surface area contributed by atoms with Crippen LogP contribution in [0.3, 0.4) is 0 Å². The monoisotopic (exact) mass is 167 g/mol. The third kappa shape index (κ3) is 3.51. The Balaban J connectivity index is 2.00. The van der Waals surface area contributed by atoms with Crippen LogP contribution in [0.2, 0.25) is 0 Å². The molecule has 0 radical (unpaired) electrons. The maximum absolute atomic E-state index is 4.06. The van der Waals surface area contributed by atoms with Gasteiger partial charge in [-0.15, -0.1) is 0 Å². The van der Waals surface area contributed by atoms with Gasteiger partial charge >= 0.3 is 0 Å². The van der Waals surface area contributed by atoms with Gasteiger partial charge in [0, 0.05) is 6.54 Å². The van der Waals surface area contributed by atoms with Crippen LogP contribution in [0.25, 0.3) is 0 Å². The molecule has 0 N–H and O–H groups in total. The topological polar surface area (TPSA) is 28.0 Å². The van der Waals surface area contributed by atoms with E-state index in [0.717, 1.165) is 13.2 Å². The van der Waals surface area contributed by atoms with Crippen molar-refractivity contribution in [2.24, 2.45) is 9.98 Å². The van der Waals surface area contributed by atoms with Crippen LogP contribution in [0, 0.1) is 0 Å². The molecule has 0 saturated heterocycles. The van der Waals surface area contributed by atoms with Crippen LogP contribution in [0.4, 0.5) is 0 Å². The standard InChI is InChI=1S/C9H17N3/c1-2-3-4-5-6-12-8-10-7-11-9-12/h7-8H,2-6,9H2,1H3. The van der Waals surface area contributed by atoms with Gasteiger partial charge in [-0.2, -0.15) is 0 Å². The highest BCUT2D eigenvalue weighted by Gasteiger charge is 1.99. The molecule has 1 aliphatic rings. The normalized spacial score (nSPS) is 15.6. The van der Waals surface area contributed by atoms with E-state index in [1.807, 2.05) is 6.34 Å². The predicted octanol–water partition coefficient (Wildman–Crippen LogP) is 1.90. The largest absolute Gasteiger partial charge is 0.343 e. The molecule has 1 aliphatic heterocycles. The average molecular weight is 167 g/mol. The molecule has 1 heterocycles. The molecule has 0 fully saturated rings. The summed E-state index contributed by atoms with van der Waals surface area (Å²) in [6, 6.07) is 0. The zero-order valence-corrected chi connectivity index (χ0v) is 7.74. The second kappa shape index (κ2) is 5.75. The summed E-state index contributed by atoms with van der Waals surface area (Å²) in [5.41, 5.74) is 0. The number of nitrogens with zero attached hydrogens (tertiary/aromatic N) is 3. The summed E-state index contributed by atoms with van der Waals surface area (Å²) in [4.78, 5) is 10.2. The third-order valence-electron chi connectivity index (χ3n) is 1.94. The number of hydrogen-bond acceptors (Lipinski definition) is 3. The summed E-state index contributed by atoms with van der Waals surface area (Å²) >= 11 is 0. The second-order valence-corrected chi connectivity index (χ2v) is 3.08. The molecule has 0 aromatic heterocycles. The molecule has 0 bridgehead atoms. The maximum atomic E-state index is 4.06. The highest BCUT2D eigenvalue weighted by Crippen LogP contribution is 2.01. The van der Waals surface area contributed by atoms with Gasteiger partial charge in [-0.25, -0.2) is 4.99 Å². The van der Waals surface area contributed by atoms with Crippen LogP contribution in [0.15, 0.2) is 9.98 Å². The van der Waals surface area contributed by atoms with Crippen molar-refractivity contribution in [1.82, 2.24) is 4.90 Å². The molecule has 0 unspecified atom stereocenters. The lowest BCUT2D eigenvalue weighted by Crippen LogP contribution is -2.25. The molecular weight excluding hydrogens is 150 g/mol. The van der Waals surface area contributed by atoms with Crippen LogP contribution in [0.1, 0.15) is 32.6 Å². The van der Waals surface area contributed by atoms with Gasteiger partial charge < -0.3 is 4.90 Å². The van der Waals surface area contributed by atoms with Gasteiger partial charge in [-0.05, 0) is 6.42 Å². The van der Waals surface area contributed by atoms with Gasteiger partial charge in [-0.3, -0.25) is 4.99 Å². The van der Waals surface area contributed by atoms with E-state index in [-0.39, 0.29) is 0 Å². The molecule has 3 nitrogen and oxygen atoms in total. The van der Waals surface area contributed by atoms with Crippen molar-refractivity contribution in [1.29, 1.82) is 0 Å². The first-order valence-corrected chi connectivity index (χ1v) is 4.69. The Kier molecular flexibility index (Phi) is 4.42. The second-order valence-electron chi connectivity index (χ2n) is 3.08. The Morgan fingerprint density at radius 3 is 2.92 bits per heavy atom. The summed E-state index contributed by atoms with van der Waals surface area (Å²) in [5.74, 6) is 0. The molecular formula is C9H17N3. The lowest BCUT2D eigenvalue weighted by atomic mass is 10.2. The van der Waals surface area contributed by atoms with Gasteiger partial charge in [0.1, 0.15) is 13.0 Å². The maximum Gasteiger partial charge on any atom is 0.113 e. The Labute approximate surface area is 74.2 Å². The van der Waals surface area contributed by atoms with Crippen LogP contribution >= 0.6 is 0 Å². The molecule has 0 amide bonds. The number of rotatable bonds is 5. The van der Waals surface area contributed by atoms with E-state index in [1.54, 1.807) is 6.34 Å². The quantitative estimate of drug-likeness (QED) is 0.575. The molecule has 68 valence electrons. The van der Waals surface area contributed by atoms with Gasteiger partial charge in [0.2, 0.25) is 0 Å². The molecule has 0 spiro atoms. The highest BCUT2D eigenvalue weighted by atomic mass is 15.2. The predicted molar refractivity (Wildman–Crippen MR) is 52.7 cm³/mol. The first-order chi connectivity index (χ1) is 5.93. The number of unbranched alkanes of at least 4 members (excludes halogenated alkanes) is 3. The van der Waals surface area contributed by atoms with Crippen LogP contribution in [0.5, 0.6) is 0 Å². The first kappa shape index (κ1) is 9.23. The summed E-state index contributed by atoms with van der Waals surface area (Å²) < 4.78 is 0. The van der Waals surface area contributed by atoms with Crippen LogP contribution in [-0.2, 0) is 0 Å². The summed E-state index contributed by atoms with van der Waals surface area (Å²) in [5, 5.41) is 0. The highest BCUT2D eigenvalue weighted by molar-refractivity contribution is 5.72. The molecule has 0 aliphatic carbocycles. The Morgan fingerprint density at radius 1 is 1.33 bits per heavy atom. The van der Waals surface area contributed by atoms with E-state index < -0.39 is 0 Å². The van der Waals surface area contributed by atoms with E-state index in [4.69, 9.17) is 0 Å². The van der Waals surface area contributed by atoms with Gasteiger partial charge in [0.25, 0.3) is 0 Å². The molecule has 0 aromatic carbocycles. The van der Waals surface area contributed by atoms with Gasteiger partial charge in [-0.1, -0.05) is 26.2 Å². The summed E-state index contributed by atoms with van der Waals surface area (Å²) in [6.45, 7) is 4.11. The minimum atomic E-state index is 0.787. The molecule has 12 heavy (non-hydrogen) atoms. The van der Waals surface area contributed by atoms with Gasteiger partial charge in [0.15, 0.2) is 0 Å². The molecule has 1 rings (SSSR count). The van der Waals surface area contributed by atoms with Crippen LogP contribution in [-0.4, -0.2) is 30.8 Å². The lowest BCUT2D eigenvalue weighted by Gasteiger charge is -2.18. The van der Waals surface area contributed by atoms with E-state index >= 15 is 0 Å². The Hall–Kier alpha value is -0.860. The summed E-state index contributed by atoms with van der Waals surface area (Å²) in [6.07, 6.45) is 8.71. The van der Waals surface area contributed by atoms with E-state index in [9.17, 15) is 0 Å². The molecule has 0 aromatic rings. The minimum Gasteiger partial charge on any atom is -0.343 e. The fourth-order valence-electron chi connectivity index (χ4n) is 1.22. The smallest absolute Gasteiger partial charge is 0.113 e. The van der Waals surface area contributed by atoms with E-state index in [0.29, 0.717) is 0 Å². The Morgan fingerprint density at radius 2 is 2.25 bits per heavy atom. The Bertz CT molecular complexity index is 163. The zero-order chi connectivity index (χ0) is 8.65. The van der Waals surface area contributed by atoms with Gasteiger partial charge in [0.05, 0.1) is 6.34 Å². The van der Waals surface area contributed by atoms with Crippen LogP contribution < -0.4 is 0 Å². The first-order valence-electron chi connectivity index (χ1n) is 4.69. The lowest BCUT2D eigenvalue weighted by molar-refractivity contribution is 0.421. The van der Waals surface area contributed by atoms with Crippen molar-refractivity contribution in [2.75, 3.05) is 13.2 Å². The number of hydrogen-bond donors (Lipinski definition) is 0. The zero-order valence-electron chi connectivity index (χ0n) is 7.74. The van der Waals surface area contributed by atoms with Crippen molar-refractivity contribution in [3.8, 4) is 0 Å². The average Bonchev–Trinajstić information content (AvgIpc) is 2.14. The van der Waals surface area contributed by atoms with E-state index in [1.165, 1.54) is 25.7 Å². The van der Waals surface area contributed by atoms with Crippen molar-refractivity contribution >= 4 is 12.7 Å². The van der Waals surface area contributed by atoms with Crippen molar-refractivity contribution in [3.05, 3.63) is 0 Å². The third-order valence-corrected chi connectivity index (χ3v) is 1.94. The van der Waals surface area contributed by atoms with Crippen molar-refractivity contribution in [2.45, 2.75) is 32.6 Å². The number of aliphatic imine (C=N–C) groups is 2.